The Hall–Kier alpha value is -0.120. The molecule has 0 aliphatic heterocycles. The van der Waals surface area contributed by atoms with E-state index in [2.05, 4.69) is 0 Å². The molecule has 0 nitrogen and oxygen atoms in total. The molecule has 1 rings (SSSR count). The summed E-state index contributed by atoms with van der Waals surface area (Å²) in [4.78, 5) is 0. The third kappa shape index (κ3) is 2.64. The average molecular weight is 252 g/mol. The molecule has 0 atom stereocenters. The van der Waals surface area contributed by atoms with E-state index in [9.17, 15) is 4.39 Å². The van der Waals surface area contributed by atoms with Crippen LogP contribution in [0.4, 0.5) is 4.39 Å². The first-order valence-electron chi connectivity index (χ1n) is 3.07. The molecule has 0 aliphatic carbocycles. The molecule has 0 saturated heterocycles. The van der Waals surface area contributed by atoms with Crippen LogP contribution in [-0.4, -0.2) is 0 Å². The number of benzene rings is 1. The van der Waals surface area contributed by atoms with Crippen molar-refractivity contribution in [1.82, 2.24) is 0 Å². The number of halogens is 2. The molecule has 1 aromatic carbocycles. The van der Waals surface area contributed by atoms with Gasteiger partial charge in [-0.05, 0) is 24.1 Å². The molecule has 56 valence electrons. The quantitative estimate of drug-likeness (QED) is 0.674. The van der Waals surface area contributed by atoms with Crippen molar-refractivity contribution in [3.63, 3.8) is 0 Å². The van der Waals surface area contributed by atoms with Crippen LogP contribution in [0.15, 0.2) is 24.3 Å². The fraction of sp³-hybridized carbons (Fsp3) is 0.250. The van der Waals surface area contributed by atoms with Crippen LogP contribution in [0.5, 0.6) is 0 Å². The lowest BCUT2D eigenvalue weighted by molar-refractivity contribution is 0.627. The second kappa shape index (κ2) is 4.66. The summed E-state index contributed by atoms with van der Waals surface area (Å²) in [6.07, 6.45) is 0.972. The van der Waals surface area contributed by atoms with Gasteiger partial charge in [0.1, 0.15) is 5.82 Å². The zero-order valence-electron chi connectivity index (χ0n) is 5.80. The van der Waals surface area contributed by atoms with Gasteiger partial charge in [0.25, 0.3) is 0 Å². The maximum absolute atomic E-state index is 12.2. The molecule has 0 radical (unpaired) electrons. The van der Waals surface area contributed by atoms with Crippen molar-refractivity contribution >= 4 is 24.0 Å². The molecule has 0 N–H and O–H groups in total. The Bertz CT molecular complexity index is 181. The number of aryl methyl sites for hydroxylation is 1. The molecule has 0 fully saturated rings. The molecule has 0 aliphatic rings. The van der Waals surface area contributed by atoms with Gasteiger partial charge in [0.05, 0.1) is 0 Å². The first-order valence-corrected chi connectivity index (χ1v) is 3.07. The van der Waals surface area contributed by atoms with Gasteiger partial charge in [0, 0.05) is 0 Å². The van der Waals surface area contributed by atoms with Gasteiger partial charge in [0.15, 0.2) is 0 Å². The van der Waals surface area contributed by atoms with Crippen LogP contribution in [0, 0.1) is 5.82 Å². The highest BCUT2D eigenvalue weighted by molar-refractivity contribution is 14.0. The van der Waals surface area contributed by atoms with Crippen molar-refractivity contribution in [2.24, 2.45) is 0 Å². The predicted molar refractivity (Wildman–Crippen MR) is 51.2 cm³/mol. The molecule has 1 aromatic rings. The lowest BCUT2D eigenvalue weighted by Gasteiger charge is -1.92. The summed E-state index contributed by atoms with van der Waals surface area (Å²) in [5.41, 5.74) is 1.18. The highest BCUT2D eigenvalue weighted by atomic mass is 127. The van der Waals surface area contributed by atoms with E-state index in [4.69, 9.17) is 0 Å². The minimum atomic E-state index is -0.160. The highest BCUT2D eigenvalue weighted by Gasteiger charge is 1.87. The minimum Gasteiger partial charge on any atom is -0.207 e. The molecule has 0 saturated carbocycles. The molecule has 0 aromatic heterocycles. The van der Waals surface area contributed by atoms with E-state index >= 15 is 0 Å². The molecule has 0 bridgehead atoms. The van der Waals surface area contributed by atoms with Crippen LogP contribution >= 0.6 is 24.0 Å². The molecule has 0 unspecified atom stereocenters. The van der Waals surface area contributed by atoms with Crippen molar-refractivity contribution in [3.8, 4) is 0 Å². The first-order chi connectivity index (χ1) is 4.33. The summed E-state index contributed by atoms with van der Waals surface area (Å²) < 4.78 is 12.2. The number of hydrogen-bond acceptors (Lipinski definition) is 0. The van der Waals surface area contributed by atoms with E-state index in [1.807, 2.05) is 6.92 Å². The summed E-state index contributed by atoms with van der Waals surface area (Å²) in [6, 6.07) is 6.57. The summed E-state index contributed by atoms with van der Waals surface area (Å²) in [7, 11) is 0. The molecular weight excluding hydrogens is 242 g/mol. The molecule has 10 heavy (non-hydrogen) atoms. The van der Waals surface area contributed by atoms with E-state index in [1.54, 1.807) is 12.1 Å². The highest BCUT2D eigenvalue weighted by Crippen LogP contribution is 2.01. The van der Waals surface area contributed by atoms with Crippen LogP contribution in [0.25, 0.3) is 0 Å². The Morgan fingerprint density at radius 3 is 2.10 bits per heavy atom. The maximum atomic E-state index is 12.2. The molecule has 0 heterocycles. The largest absolute Gasteiger partial charge is 0.207 e. The average Bonchev–Trinajstić information content (AvgIpc) is 1.90. The second-order valence-corrected chi connectivity index (χ2v) is 1.98. The predicted octanol–water partition coefficient (Wildman–Crippen LogP) is 3.01. The van der Waals surface area contributed by atoms with E-state index in [1.165, 1.54) is 17.7 Å². The molecular formula is C8H10FI. The van der Waals surface area contributed by atoms with Crippen molar-refractivity contribution in [2.45, 2.75) is 13.3 Å². The fourth-order valence-electron chi connectivity index (χ4n) is 0.720. The van der Waals surface area contributed by atoms with Crippen LogP contribution in [0.2, 0.25) is 0 Å². The van der Waals surface area contributed by atoms with E-state index in [0.29, 0.717) is 0 Å². The van der Waals surface area contributed by atoms with E-state index in [0.717, 1.165) is 6.42 Å². The fourth-order valence-corrected chi connectivity index (χ4v) is 0.720. The Kier molecular flexibility index (Phi) is 4.60. The molecule has 0 spiro atoms. The van der Waals surface area contributed by atoms with E-state index in [-0.39, 0.29) is 29.8 Å². The van der Waals surface area contributed by atoms with Crippen LogP contribution < -0.4 is 0 Å². The Labute approximate surface area is 77.5 Å². The lowest BCUT2D eigenvalue weighted by Crippen LogP contribution is -1.78. The normalized spacial score (nSPS) is 8.60. The van der Waals surface area contributed by atoms with Crippen molar-refractivity contribution in [3.05, 3.63) is 35.6 Å². The van der Waals surface area contributed by atoms with Crippen LogP contribution in [0.3, 0.4) is 0 Å². The second-order valence-electron chi connectivity index (χ2n) is 1.98. The standard InChI is InChI=1S/C8H9F.HI/c1-2-7-3-5-8(9)6-4-7;/h3-6H,2H2,1H3;1H. The smallest absolute Gasteiger partial charge is 0.123 e. The molecule has 2 heteroatoms. The summed E-state index contributed by atoms with van der Waals surface area (Å²) in [5, 5.41) is 0. The van der Waals surface area contributed by atoms with Crippen LogP contribution in [0.1, 0.15) is 12.5 Å². The monoisotopic (exact) mass is 252 g/mol. The Balaban J connectivity index is 0.000000810. The number of rotatable bonds is 1. The van der Waals surface area contributed by atoms with Crippen molar-refractivity contribution < 1.29 is 4.39 Å². The SMILES string of the molecule is CCc1ccc(F)cc1.I. The van der Waals surface area contributed by atoms with Gasteiger partial charge in [-0.1, -0.05) is 19.1 Å². The third-order valence-electron chi connectivity index (χ3n) is 1.32. The van der Waals surface area contributed by atoms with Gasteiger partial charge < -0.3 is 0 Å². The van der Waals surface area contributed by atoms with Gasteiger partial charge in [-0.25, -0.2) is 4.39 Å². The van der Waals surface area contributed by atoms with Crippen LogP contribution in [-0.2, 0) is 6.42 Å². The van der Waals surface area contributed by atoms with Gasteiger partial charge in [-0.2, -0.15) is 0 Å². The van der Waals surface area contributed by atoms with E-state index < -0.39 is 0 Å². The summed E-state index contributed by atoms with van der Waals surface area (Å²) in [5.74, 6) is -0.160. The Morgan fingerprint density at radius 1 is 1.20 bits per heavy atom. The van der Waals surface area contributed by atoms with Gasteiger partial charge in [-0.3, -0.25) is 0 Å². The zero-order valence-corrected chi connectivity index (χ0v) is 8.13. The topological polar surface area (TPSA) is 0 Å². The zero-order chi connectivity index (χ0) is 6.69. The summed E-state index contributed by atoms with van der Waals surface area (Å²) >= 11 is 0. The third-order valence-corrected chi connectivity index (χ3v) is 1.32. The number of hydrogen-bond donors (Lipinski definition) is 0. The van der Waals surface area contributed by atoms with Crippen molar-refractivity contribution in [2.75, 3.05) is 0 Å². The maximum Gasteiger partial charge on any atom is 0.123 e. The molecule has 0 amide bonds. The van der Waals surface area contributed by atoms with Gasteiger partial charge in [0.2, 0.25) is 0 Å². The summed E-state index contributed by atoms with van der Waals surface area (Å²) in [6.45, 7) is 2.05. The minimum absolute atomic E-state index is 0. The lowest BCUT2D eigenvalue weighted by atomic mass is 10.2. The van der Waals surface area contributed by atoms with Crippen molar-refractivity contribution in [1.29, 1.82) is 0 Å². The first kappa shape index (κ1) is 9.88. The van der Waals surface area contributed by atoms with Gasteiger partial charge in [-0.15, -0.1) is 24.0 Å². The van der Waals surface area contributed by atoms with Gasteiger partial charge >= 0.3 is 0 Å². The Morgan fingerprint density at radius 2 is 1.70 bits per heavy atom.